The fraction of sp³-hybridized carbons (Fsp3) is 0.529. The van der Waals surface area contributed by atoms with Crippen molar-refractivity contribution < 1.29 is 23.5 Å². The highest BCUT2D eigenvalue weighted by Crippen LogP contribution is 2.43. The Kier molecular flexibility index (Phi) is 4.89. The number of halogens is 2. The number of amides is 2. The fourth-order valence-corrected chi connectivity index (χ4v) is 3.36. The van der Waals surface area contributed by atoms with Crippen LogP contribution in [-0.2, 0) is 16.1 Å². The first kappa shape index (κ1) is 17.6. The number of piperazine rings is 1. The topological polar surface area (TPSA) is 72.9 Å². The van der Waals surface area contributed by atoms with Crippen LogP contribution in [0.25, 0.3) is 0 Å². The van der Waals surface area contributed by atoms with Gasteiger partial charge in [0.2, 0.25) is 18.2 Å². The Morgan fingerprint density at radius 2 is 1.96 bits per heavy atom. The number of benzene rings is 1. The molecule has 1 aromatic rings. The van der Waals surface area contributed by atoms with Crippen LogP contribution in [0.5, 0.6) is 5.75 Å². The maximum Gasteiger partial charge on any atom is 0.249 e. The summed E-state index contributed by atoms with van der Waals surface area (Å²) >= 11 is 0. The summed E-state index contributed by atoms with van der Waals surface area (Å²) in [5.41, 5.74) is 1.04. The van der Waals surface area contributed by atoms with Gasteiger partial charge in [0, 0.05) is 57.0 Å². The van der Waals surface area contributed by atoms with Crippen LogP contribution in [-0.4, -0.2) is 59.3 Å². The predicted molar refractivity (Wildman–Crippen MR) is 87.3 cm³/mol. The van der Waals surface area contributed by atoms with Crippen molar-refractivity contribution in [2.45, 2.75) is 25.3 Å². The van der Waals surface area contributed by atoms with Crippen LogP contribution in [0.15, 0.2) is 18.2 Å². The summed E-state index contributed by atoms with van der Waals surface area (Å²) in [5.74, 6) is -3.37. The average Bonchev–Trinajstić information content (AvgIpc) is 2.56. The SMILES string of the molecule is O=CNc1cccc(CN2CCN(C(=O)C3CC(F)(F)C3)CC2)c1O. The number of rotatable bonds is 5. The van der Waals surface area contributed by atoms with Gasteiger partial charge in [-0.1, -0.05) is 12.1 Å². The molecule has 8 heteroatoms. The quantitative estimate of drug-likeness (QED) is 0.624. The molecule has 25 heavy (non-hydrogen) atoms. The zero-order valence-corrected chi connectivity index (χ0v) is 13.8. The molecule has 136 valence electrons. The Labute approximate surface area is 144 Å². The van der Waals surface area contributed by atoms with E-state index >= 15 is 0 Å². The Bertz CT molecular complexity index is 653. The number of aromatic hydroxyl groups is 1. The molecule has 2 N–H and O–H groups in total. The molecular weight excluding hydrogens is 332 g/mol. The summed E-state index contributed by atoms with van der Waals surface area (Å²) in [6, 6.07) is 5.13. The molecule has 0 atom stereocenters. The monoisotopic (exact) mass is 353 g/mol. The maximum atomic E-state index is 12.9. The molecule has 1 heterocycles. The number of alkyl halides is 2. The molecule has 0 aromatic heterocycles. The molecule has 3 rings (SSSR count). The second-order valence-electron chi connectivity index (χ2n) is 6.64. The number of phenols is 1. The first-order valence-electron chi connectivity index (χ1n) is 8.29. The lowest BCUT2D eigenvalue weighted by Gasteiger charge is -2.40. The van der Waals surface area contributed by atoms with E-state index in [2.05, 4.69) is 10.2 Å². The van der Waals surface area contributed by atoms with E-state index < -0.39 is 11.8 Å². The minimum absolute atomic E-state index is 0.0322. The van der Waals surface area contributed by atoms with E-state index in [1.165, 1.54) is 0 Å². The average molecular weight is 353 g/mol. The number of para-hydroxylation sites is 1. The summed E-state index contributed by atoms with van der Waals surface area (Å²) in [6.07, 6.45) is -0.167. The third-order valence-corrected chi connectivity index (χ3v) is 4.85. The lowest BCUT2D eigenvalue weighted by Crippen LogP contribution is -2.53. The first-order valence-corrected chi connectivity index (χ1v) is 8.29. The summed E-state index contributed by atoms with van der Waals surface area (Å²) in [5, 5.41) is 12.6. The van der Waals surface area contributed by atoms with Crippen LogP contribution < -0.4 is 5.32 Å². The van der Waals surface area contributed by atoms with Crippen molar-refractivity contribution in [2.75, 3.05) is 31.5 Å². The summed E-state index contributed by atoms with van der Waals surface area (Å²) in [7, 11) is 0. The van der Waals surface area contributed by atoms with Gasteiger partial charge < -0.3 is 15.3 Å². The molecule has 2 fully saturated rings. The largest absolute Gasteiger partial charge is 0.505 e. The van der Waals surface area contributed by atoms with Crippen molar-refractivity contribution in [3.8, 4) is 5.75 Å². The van der Waals surface area contributed by atoms with Gasteiger partial charge in [-0.2, -0.15) is 0 Å². The number of phenolic OH excluding ortho intramolecular Hbond substituents is 1. The number of anilines is 1. The molecule has 2 aliphatic rings. The number of hydrogen-bond donors (Lipinski definition) is 2. The number of carbonyl (C=O) groups is 2. The maximum absolute atomic E-state index is 12.9. The van der Waals surface area contributed by atoms with E-state index in [0.29, 0.717) is 50.4 Å². The van der Waals surface area contributed by atoms with Crippen LogP contribution in [0.2, 0.25) is 0 Å². The van der Waals surface area contributed by atoms with Gasteiger partial charge in [0.05, 0.1) is 5.69 Å². The van der Waals surface area contributed by atoms with E-state index in [1.54, 1.807) is 23.1 Å². The van der Waals surface area contributed by atoms with E-state index in [-0.39, 0.29) is 24.5 Å². The standard InChI is InChI=1S/C17H21F2N3O3/c18-17(19)8-13(9-17)16(25)22-6-4-21(5-7-22)10-12-2-1-3-14(15(12)24)20-11-23/h1-3,11,13,24H,4-10H2,(H,20,23). The van der Waals surface area contributed by atoms with Gasteiger partial charge in [-0.25, -0.2) is 8.78 Å². The molecule has 0 unspecified atom stereocenters. The summed E-state index contributed by atoms with van der Waals surface area (Å²) in [4.78, 5) is 26.5. The molecule has 1 aromatic carbocycles. The molecule has 2 amide bonds. The molecule has 0 radical (unpaired) electrons. The van der Waals surface area contributed by atoms with Gasteiger partial charge in [0.25, 0.3) is 0 Å². The van der Waals surface area contributed by atoms with Crippen molar-refractivity contribution in [1.82, 2.24) is 9.80 Å². The molecule has 6 nitrogen and oxygen atoms in total. The third kappa shape index (κ3) is 3.89. The number of nitrogens with zero attached hydrogens (tertiary/aromatic N) is 2. The van der Waals surface area contributed by atoms with Crippen molar-refractivity contribution in [3.05, 3.63) is 23.8 Å². The van der Waals surface area contributed by atoms with Crippen LogP contribution >= 0.6 is 0 Å². The molecular formula is C17H21F2N3O3. The van der Waals surface area contributed by atoms with Gasteiger partial charge in [-0.3, -0.25) is 14.5 Å². The number of nitrogens with one attached hydrogen (secondary N) is 1. The molecule has 1 aliphatic heterocycles. The van der Waals surface area contributed by atoms with E-state index in [0.717, 1.165) is 0 Å². The molecule has 1 aliphatic carbocycles. The predicted octanol–water partition coefficient (Wildman–Crippen LogP) is 1.65. The highest BCUT2D eigenvalue weighted by atomic mass is 19.3. The van der Waals surface area contributed by atoms with Gasteiger partial charge >= 0.3 is 0 Å². The lowest BCUT2D eigenvalue weighted by molar-refractivity contribution is -0.161. The van der Waals surface area contributed by atoms with E-state index in [9.17, 15) is 23.5 Å². The van der Waals surface area contributed by atoms with Gasteiger partial charge in [-0.05, 0) is 6.07 Å². The number of hydrogen-bond acceptors (Lipinski definition) is 4. The van der Waals surface area contributed by atoms with Gasteiger partial charge in [-0.15, -0.1) is 0 Å². The van der Waals surface area contributed by atoms with Crippen LogP contribution in [0.3, 0.4) is 0 Å². The second-order valence-corrected chi connectivity index (χ2v) is 6.64. The third-order valence-electron chi connectivity index (χ3n) is 4.85. The normalized spacial score (nSPS) is 20.8. The van der Waals surface area contributed by atoms with Gasteiger partial charge in [0.15, 0.2) is 0 Å². The van der Waals surface area contributed by atoms with E-state index in [4.69, 9.17) is 0 Å². The second kappa shape index (κ2) is 6.95. The Hall–Kier alpha value is -2.22. The van der Waals surface area contributed by atoms with Crippen molar-refractivity contribution in [1.29, 1.82) is 0 Å². The molecule has 0 bridgehead atoms. The zero-order valence-electron chi connectivity index (χ0n) is 13.8. The Morgan fingerprint density at radius 3 is 2.56 bits per heavy atom. The Morgan fingerprint density at radius 1 is 1.28 bits per heavy atom. The van der Waals surface area contributed by atoms with Crippen molar-refractivity contribution >= 4 is 18.0 Å². The van der Waals surface area contributed by atoms with Crippen molar-refractivity contribution in [2.24, 2.45) is 5.92 Å². The molecule has 1 saturated carbocycles. The minimum atomic E-state index is -2.68. The first-order chi connectivity index (χ1) is 11.9. The van der Waals surface area contributed by atoms with Gasteiger partial charge in [0.1, 0.15) is 5.75 Å². The lowest BCUT2D eigenvalue weighted by atomic mass is 9.80. The molecule has 1 saturated heterocycles. The molecule has 0 spiro atoms. The summed E-state index contributed by atoms with van der Waals surface area (Å²) in [6.45, 7) is 2.70. The highest BCUT2D eigenvalue weighted by molar-refractivity contribution is 5.80. The minimum Gasteiger partial charge on any atom is -0.505 e. The van der Waals surface area contributed by atoms with Crippen LogP contribution in [0, 0.1) is 5.92 Å². The van der Waals surface area contributed by atoms with E-state index in [1.807, 2.05) is 0 Å². The highest BCUT2D eigenvalue weighted by Gasteiger charge is 2.49. The fourth-order valence-electron chi connectivity index (χ4n) is 3.36. The van der Waals surface area contributed by atoms with Crippen molar-refractivity contribution in [3.63, 3.8) is 0 Å². The smallest absolute Gasteiger partial charge is 0.249 e. The van der Waals surface area contributed by atoms with Crippen LogP contribution in [0.1, 0.15) is 18.4 Å². The Balaban J connectivity index is 1.52. The number of carbonyl (C=O) groups excluding carboxylic acids is 2. The van der Waals surface area contributed by atoms with Crippen LogP contribution in [0.4, 0.5) is 14.5 Å². The summed E-state index contributed by atoms with van der Waals surface area (Å²) < 4.78 is 25.8. The zero-order chi connectivity index (χ0) is 18.0.